The van der Waals surface area contributed by atoms with Gasteiger partial charge in [-0.3, -0.25) is 4.79 Å². The maximum atomic E-state index is 13.6. The number of hydrogen-bond acceptors (Lipinski definition) is 4. The topological polar surface area (TPSA) is 105 Å². The molecule has 0 spiro atoms. The van der Waals surface area contributed by atoms with Gasteiger partial charge in [0, 0.05) is 23.7 Å². The number of hydrogen-bond donors (Lipinski definition) is 3. The maximum Gasteiger partial charge on any atom is 0.407 e. The highest BCUT2D eigenvalue weighted by Gasteiger charge is 2.28. The van der Waals surface area contributed by atoms with E-state index in [9.17, 15) is 18.8 Å². The van der Waals surface area contributed by atoms with Gasteiger partial charge in [-0.05, 0) is 47.4 Å². The maximum absolute atomic E-state index is 13.6. The Bertz CT molecular complexity index is 1290. The second-order valence-electron chi connectivity index (χ2n) is 8.08. The van der Waals surface area contributed by atoms with Crippen LogP contribution in [0.2, 0.25) is 0 Å². The van der Waals surface area contributed by atoms with Crippen molar-refractivity contribution in [2.75, 3.05) is 18.5 Å². The molecule has 8 heteroatoms. The van der Waals surface area contributed by atoms with Crippen LogP contribution in [-0.4, -0.2) is 36.2 Å². The van der Waals surface area contributed by atoms with Crippen LogP contribution in [0.3, 0.4) is 0 Å². The smallest absolute Gasteiger partial charge is 0.407 e. The molecule has 3 aromatic carbocycles. The zero-order chi connectivity index (χ0) is 24.9. The van der Waals surface area contributed by atoms with Crippen molar-refractivity contribution in [3.63, 3.8) is 0 Å². The van der Waals surface area contributed by atoms with E-state index in [0.29, 0.717) is 0 Å². The van der Waals surface area contributed by atoms with E-state index in [0.717, 1.165) is 40.5 Å². The average Bonchev–Trinajstić information content (AvgIpc) is 3.16. The number of benzene rings is 3. The molecular formula is C27H23FN2O5. The van der Waals surface area contributed by atoms with Crippen molar-refractivity contribution in [1.82, 2.24) is 5.32 Å². The van der Waals surface area contributed by atoms with Gasteiger partial charge in [0.1, 0.15) is 12.4 Å². The molecule has 0 atom stereocenters. The third-order valence-electron chi connectivity index (χ3n) is 5.76. The predicted octanol–water partition coefficient (Wildman–Crippen LogP) is 4.95. The fourth-order valence-electron chi connectivity index (χ4n) is 4.04. The minimum absolute atomic E-state index is 0.0182. The highest BCUT2D eigenvalue weighted by Crippen LogP contribution is 2.44. The molecule has 3 N–H and O–H groups in total. The molecule has 0 heterocycles. The molecule has 0 saturated heterocycles. The molecule has 0 aliphatic heterocycles. The first kappa shape index (κ1) is 23.7. The number of halogens is 1. The van der Waals surface area contributed by atoms with E-state index in [1.165, 1.54) is 13.0 Å². The lowest BCUT2D eigenvalue weighted by molar-refractivity contribution is -0.112. The fraction of sp³-hybridized carbons (Fsp3) is 0.148. The molecule has 1 aliphatic rings. The molecule has 0 radical (unpaired) electrons. The lowest BCUT2D eigenvalue weighted by Gasteiger charge is -2.14. The lowest BCUT2D eigenvalue weighted by atomic mass is 9.98. The summed E-state index contributed by atoms with van der Waals surface area (Å²) in [5, 5.41) is 14.0. The van der Waals surface area contributed by atoms with Crippen LogP contribution in [-0.2, 0) is 9.53 Å². The van der Waals surface area contributed by atoms with E-state index in [1.54, 1.807) is 0 Å². The number of ether oxygens (including phenoxy) is 1. The van der Waals surface area contributed by atoms with Gasteiger partial charge in [0.05, 0.1) is 5.56 Å². The molecule has 35 heavy (non-hydrogen) atoms. The highest BCUT2D eigenvalue weighted by atomic mass is 19.1. The van der Waals surface area contributed by atoms with E-state index in [-0.39, 0.29) is 35.9 Å². The molecule has 0 unspecified atom stereocenters. The Kier molecular flexibility index (Phi) is 6.91. The molecule has 4 rings (SSSR count). The van der Waals surface area contributed by atoms with Crippen molar-refractivity contribution in [1.29, 1.82) is 0 Å². The van der Waals surface area contributed by atoms with E-state index >= 15 is 0 Å². The third-order valence-corrected chi connectivity index (χ3v) is 5.76. The van der Waals surface area contributed by atoms with Gasteiger partial charge >= 0.3 is 12.1 Å². The normalized spacial score (nSPS) is 12.5. The molecule has 2 amide bonds. The van der Waals surface area contributed by atoms with Crippen LogP contribution in [0.4, 0.5) is 14.9 Å². The van der Waals surface area contributed by atoms with Gasteiger partial charge in [0.25, 0.3) is 5.91 Å². The van der Waals surface area contributed by atoms with Crippen LogP contribution in [0.15, 0.2) is 78.4 Å². The number of carbonyl (C=O) groups is 3. The highest BCUT2D eigenvalue weighted by molar-refractivity contribution is 6.04. The number of alkyl carbamates (subject to hydrolysis) is 1. The largest absolute Gasteiger partial charge is 0.478 e. The number of rotatable bonds is 7. The first-order chi connectivity index (χ1) is 16.8. The van der Waals surface area contributed by atoms with Crippen LogP contribution in [0.5, 0.6) is 0 Å². The number of aromatic carboxylic acids is 1. The van der Waals surface area contributed by atoms with Gasteiger partial charge in [-0.2, -0.15) is 0 Å². The molecule has 7 nitrogen and oxygen atoms in total. The Morgan fingerprint density at radius 1 is 1.00 bits per heavy atom. The first-order valence-corrected chi connectivity index (χ1v) is 10.9. The summed E-state index contributed by atoms with van der Waals surface area (Å²) in [6.45, 7) is 1.74. The number of fused-ring (bicyclic) bond motifs is 3. The molecular weight excluding hydrogens is 451 g/mol. The fourth-order valence-corrected chi connectivity index (χ4v) is 4.04. The van der Waals surface area contributed by atoms with Gasteiger partial charge in [-0.15, -0.1) is 0 Å². The minimum Gasteiger partial charge on any atom is -0.478 e. The van der Waals surface area contributed by atoms with Gasteiger partial charge in [-0.25, -0.2) is 14.0 Å². The van der Waals surface area contributed by atoms with Crippen molar-refractivity contribution in [2.45, 2.75) is 12.8 Å². The monoisotopic (exact) mass is 474 g/mol. The van der Waals surface area contributed by atoms with E-state index in [2.05, 4.69) is 22.8 Å². The van der Waals surface area contributed by atoms with Crippen molar-refractivity contribution in [3.8, 4) is 11.1 Å². The summed E-state index contributed by atoms with van der Waals surface area (Å²) in [6.07, 6.45) is 0.862. The lowest BCUT2D eigenvalue weighted by Crippen LogP contribution is -2.26. The Morgan fingerprint density at radius 2 is 1.63 bits per heavy atom. The number of anilines is 1. The molecule has 3 aromatic rings. The quantitative estimate of drug-likeness (QED) is 0.421. The Balaban J connectivity index is 1.30. The van der Waals surface area contributed by atoms with E-state index in [1.807, 2.05) is 36.4 Å². The summed E-state index contributed by atoms with van der Waals surface area (Å²) in [6, 6.07) is 19.1. The van der Waals surface area contributed by atoms with E-state index < -0.39 is 23.8 Å². The van der Waals surface area contributed by atoms with Gasteiger partial charge in [0.15, 0.2) is 0 Å². The Hall–Kier alpha value is -4.46. The van der Waals surface area contributed by atoms with Crippen molar-refractivity contribution in [2.24, 2.45) is 0 Å². The van der Waals surface area contributed by atoms with Crippen LogP contribution in [0, 0.1) is 5.82 Å². The zero-order valence-corrected chi connectivity index (χ0v) is 18.9. The SMILES string of the molecule is C/C(=C\CNC(=O)OCC1c2ccccc2-c2ccccc21)C(=O)Nc1cc(F)cc(C(=O)O)c1. The Labute approximate surface area is 201 Å². The second kappa shape index (κ2) is 10.2. The molecule has 0 fully saturated rings. The molecule has 1 aliphatic carbocycles. The summed E-state index contributed by atoms with van der Waals surface area (Å²) in [5.74, 6) is -2.70. The molecule has 0 aromatic heterocycles. The summed E-state index contributed by atoms with van der Waals surface area (Å²) in [7, 11) is 0. The minimum atomic E-state index is -1.31. The van der Waals surface area contributed by atoms with Crippen LogP contribution >= 0.6 is 0 Å². The number of nitrogens with one attached hydrogen (secondary N) is 2. The van der Waals surface area contributed by atoms with Gasteiger partial charge < -0.3 is 20.5 Å². The predicted molar refractivity (Wildman–Crippen MR) is 129 cm³/mol. The molecule has 0 bridgehead atoms. The average molecular weight is 474 g/mol. The van der Waals surface area contributed by atoms with Crippen molar-refractivity contribution >= 4 is 23.7 Å². The summed E-state index contributed by atoms with van der Waals surface area (Å²) in [5.41, 5.74) is 4.48. The second-order valence-corrected chi connectivity index (χ2v) is 8.08. The van der Waals surface area contributed by atoms with E-state index in [4.69, 9.17) is 9.84 Å². The standard InChI is InChI=1S/C27H23FN2O5/c1-16(25(31)30-19-13-17(26(32)33)12-18(28)14-19)10-11-29-27(34)35-15-24-22-8-4-2-6-20(22)21-7-3-5-9-23(21)24/h2-10,12-14,24H,11,15H2,1H3,(H,29,34)(H,30,31)(H,32,33)/b16-10+. The van der Waals surface area contributed by atoms with Crippen molar-refractivity contribution < 1.29 is 28.6 Å². The number of carbonyl (C=O) groups excluding carboxylic acids is 2. The summed E-state index contributed by atoms with van der Waals surface area (Å²) in [4.78, 5) is 35.6. The van der Waals surface area contributed by atoms with Gasteiger partial charge in [-0.1, -0.05) is 54.6 Å². The zero-order valence-electron chi connectivity index (χ0n) is 18.9. The summed E-state index contributed by atoms with van der Waals surface area (Å²) < 4.78 is 19.0. The number of carboxylic acids is 1. The van der Waals surface area contributed by atoms with Gasteiger partial charge in [0.2, 0.25) is 0 Å². The van der Waals surface area contributed by atoms with Crippen molar-refractivity contribution in [3.05, 3.63) is 101 Å². The number of amides is 2. The summed E-state index contributed by atoms with van der Waals surface area (Å²) >= 11 is 0. The van der Waals surface area contributed by atoms with Crippen LogP contribution in [0.1, 0.15) is 34.3 Å². The van der Waals surface area contributed by atoms with Crippen LogP contribution < -0.4 is 10.6 Å². The Morgan fingerprint density at radius 3 is 2.26 bits per heavy atom. The molecule has 0 saturated carbocycles. The first-order valence-electron chi connectivity index (χ1n) is 10.9. The third kappa shape index (κ3) is 5.38. The molecule has 178 valence electrons. The van der Waals surface area contributed by atoms with Crippen LogP contribution in [0.25, 0.3) is 11.1 Å². The number of carboxylic acid groups (broad SMARTS) is 1.